The maximum absolute atomic E-state index is 6.70. The van der Waals surface area contributed by atoms with Crippen LogP contribution in [0.25, 0.3) is 0 Å². The standard InChI is InChI=1S/C22H34NO.BrH/c1-5-23(4,6-2)14-15-24-22(3,20-10-8-7-9-11-20)21-17-18-12-13-19(21)16-18;/h7-13,18-19,21H,5-6,14-17H2,1-4H3;1H/q+1;/p-1/t18-,19+,21?,22?;/m1./s1. The molecule has 0 aliphatic heterocycles. The topological polar surface area (TPSA) is 9.23 Å². The van der Waals surface area contributed by atoms with Gasteiger partial charge in [-0.2, -0.15) is 0 Å². The minimum absolute atomic E-state index is 0. The van der Waals surface area contributed by atoms with Gasteiger partial charge in [0.25, 0.3) is 0 Å². The van der Waals surface area contributed by atoms with Gasteiger partial charge in [0.2, 0.25) is 0 Å². The fourth-order valence-corrected chi connectivity index (χ4v) is 4.61. The zero-order chi connectivity index (χ0) is 17.2. The van der Waals surface area contributed by atoms with Crippen molar-refractivity contribution < 1.29 is 26.2 Å². The first-order valence-electron chi connectivity index (χ1n) is 9.72. The maximum atomic E-state index is 6.70. The summed E-state index contributed by atoms with van der Waals surface area (Å²) in [6.07, 6.45) is 7.48. The normalized spacial score (nSPS) is 27.1. The van der Waals surface area contributed by atoms with Gasteiger partial charge in [0.1, 0.15) is 6.54 Å². The van der Waals surface area contributed by atoms with Crippen molar-refractivity contribution in [3.8, 4) is 0 Å². The van der Waals surface area contributed by atoms with Gasteiger partial charge in [0.15, 0.2) is 0 Å². The third kappa shape index (κ3) is 4.20. The molecule has 25 heavy (non-hydrogen) atoms. The SMILES string of the molecule is CC[N+](C)(CC)CCOC(C)(c1ccccc1)C1C[C@@H]2C=C[C@H]1C2.[Br-]. The van der Waals surface area contributed by atoms with Gasteiger partial charge in [-0.3, -0.25) is 0 Å². The van der Waals surface area contributed by atoms with E-state index in [1.54, 1.807) is 0 Å². The second-order valence-electron chi connectivity index (χ2n) is 8.18. The number of benzene rings is 1. The molecule has 3 rings (SSSR count). The molecular weight excluding hydrogens is 374 g/mol. The molecule has 0 aromatic heterocycles. The summed E-state index contributed by atoms with van der Waals surface area (Å²) >= 11 is 0. The number of hydrogen-bond acceptors (Lipinski definition) is 1. The molecule has 0 radical (unpaired) electrons. The van der Waals surface area contributed by atoms with Gasteiger partial charge in [0.05, 0.1) is 32.3 Å². The molecule has 140 valence electrons. The Morgan fingerprint density at radius 1 is 1.08 bits per heavy atom. The molecule has 2 nitrogen and oxygen atoms in total. The Labute approximate surface area is 164 Å². The lowest BCUT2D eigenvalue weighted by Gasteiger charge is -2.41. The van der Waals surface area contributed by atoms with E-state index < -0.39 is 0 Å². The Kier molecular flexibility index (Phi) is 6.92. The molecule has 1 aromatic rings. The average Bonchev–Trinajstić information content (AvgIpc) is 3.25. The predicted octanol–water partition coefficient (Wildman–Crippen LogP) is 1.62. The van der Waals surface area contributed by atoms with Crippen molar-refractivity contribution in [2.24, 2.45) is 17.8 Å². The number of ether oxygens (including phenoxy) is 1. The van der Waals surface area contributed by atoms with Crippen molar-refractivity contribution in [1.82, 2.24) is 0 Å². The van der Waals surface area contributed by atoms with E-state index in [1.807, 2.05) is 0 Å². The summed E-state index contributed by atoms with van der Waals surface area (Å²) in [5, 5.41) is 0. The van der Waals surface area contributed by atoms with Crippen LogP contribution in [0.1, 0.15) is 39.2 Å². The first-order chi connectivity index (χ1) is 11.5. The highest BCUT2D eigenvalue weighted by Gasteiger charge is 2.48. The van der Waals surface area contributed by atoms with Crippen LogP contribution in [0.2, 0.25) is 0 Å². The summed E-state index contributed by atoms with van der Waals surface area (Å²) < 4.78 is 7.79. The highest BCUT2D eigenvalue weighted by molar-refractivity contribution is 5.26. The Balaban J connectivity index is 0.00000225. The summed E-state index contributed by atoms with van der Waals surface area (Å²) in [5.74, 6) is 2.08. The van der Waals surface area contributed by atoms with Crippen LogP contribution >= 0.6 is 0 Å². The molecule has 0 spiro atoms. The van der Waals surface area contributed by atoms with Crippen LogP contribution in [-0.4, -0.2) is 37.8 Å². The molecule has 0 amide bonds. The van der Waals surface area contributed by atoms with Crippen molar-refractivity contribution in [2.45, 2.75) is 39.2 Å². The molecule has 0 N–H and O–H groups in total. The highest BCUT2D eigenvalue weighted by Crippen LogP contribution is 2.52. The molecule has 2 aliphatic rings. The fraction of sp³-hybridized carbons (Fsp3) is 0.636. The number of hydrogen-bond donors (Lipinski definition) is 0. The zero-order valence-corrected chi connectivity index (χ0v) is 17.8. The van der Waals surface area contributed by atoms with E-state index >= 15 is 0 Å². The molecule has 0 heterocycles. The molecule has 1 fully saturated rings. The molecule has 4 atom stereocenters. The summed E-state index contributed by atoms with van der Waals surface area (Å²) in [4.78, 5) is 0. The number of rotatable bonds is 8. The number of halogens is 1. The van der Waals surface area contributed by atoms with Gasteiger partial charge in [-0.25, -0.2) is 0 Å². The fourth-order valence-electron chi connectivity index (χ4n) is 4.61. The Morgan fingerprint density at radius 2 is 1.76 bits per heavy atom. The van der Waals surface area contributed by atoms with Crippen molar-refractivity contribution >= 4 is 0 Å². The molecule has 1 saturated carbocycles. The van der Waals surface area contributed by atoms with Crippen LogP contribution in [0.3, 0.4) is 0 Å². The second kappa shape index (κ2) is 8.37. The minimum atomic E-state index is -0.169. The average molecular weight is 408 g/mol. The van der Waals surface area contributed by atoms with Crippen LogP contribution in [0.4, 0.5) is 0 Å². The summed E-state index contributed by atoms with van der Waals surface area (Å²) in [5.41, 5.74) is 1.18. The van der Waals surface area contributed by atoms with E-state index in [1.165, 1.54) is 31.5 Å². The lowest BCUT2D eigenvalue weighted by atomic mass is 9.75. The monoisotopic (exact) mass is 407 g/mol. The molecule has 2 bridgehead atoms. The van der Waals surface area contributed by atoms with Crippen molar-refractivity contribution in [2.75, 3.05) is 33.3 Å². The van der Waals surface area contributed by atoms with E-state index in [9.17, 15) is 0 Å². The van der Waals surface area contributed by atoms with Crippen molar-refractivity contribution in [3.05, 3.63) is 48.0 Å². The van der Waals surface area contributed by atoms with Gasteiger partial charge >= 0.3 is 0 Å². The van der Waals surface area contributed by atoms with E-state index in [0.29, 0.717) is 11.8 Å². The molecule has 1 aromatic carbocycles. The third-order valence-corrected chi connectivity index (χ3v) is 6.89. The quantitative estimate of drug-likeness (QED) is 0.469. The lowest BCUT2D eigenvalue weighted by molar-refractivity contribution is -0.906. The van der Waals surface area contributed by atoms with Crippen LogP contribution in [0, 0.1) is 17.8 Å². The van der Waals surface area contributed by atoms with E-state index in [-0.39, 0.29) is 22.6 Å². The second-order valence-corrected chi connectivity index (χ2v) is 8.18. The van der Waals surface area contributed by atoms with Gasteiger partial charge in [-0.15, -0.1) is 0 Å². The molecule has 0 saturated heterocycles. The molecule has 3 heteroatoms. The summed E-state index contributed by atoms with van der Waals surface area (Å²) in [7, 11) is 2.34. The van der Waals surface area contributed by atoms with Gasteiger partial charge in [0, 0.05) is 0 Å². The highest BCUT2D eigenvalue weighted by atomic mass is 79.9. The summed E-state index contributed by atoms with van der Waals surface area (Å²) in [6, 6.07) is 10.9. The minimum Gasteiger partial charge on any atom is -1.00 e. The summed E-state index contributed by atoms with van der Waals surface area (Å²) in [6.45, 7) is 11.1. The van der Waals surface area contributed by atoms with Crippen molar-refractivity contribution in [3.63, 3.8) is 0 Å². The zero-order valence-electron chi connectivity index (χ0n) is 16.2. The van der Waals surface area contributed by atoms with Crippen LogP contribution < -0.4 is 17.0 Å². The Bertz CT molecular complexity index is 569. The third-order valence-electron chi connectivity index (χ3n) is 6.89. The van der Waals surface area contributed by atoms with Crippen LogP contribution in [0.15, 0.2) is 42.5 Å². The number of nitrogens with zero attached hydrogens (tertiary/aromatic N) is 1. The number of fused-ring (bicyclic) bond motifs is 2. The smallest absolute Gasteiger partial charge is 0.102 e. The van der Waals surface area contributed by atoms with Crippen LogP contribution in [0.5, 0.6) is 0 Å². The number of quaternary nitrogens is 1. The van der Waals surface area contributed by atoms with Crippen LogP contribution in [-0.2, 0) is 10.3 Å². The van der Waals surface area contributed by atoms with E-state index in [4.69, 9.17) is 4.74 Å². The van der Waals surface area contributed by atoms with E-state index in [2.05, 4.69) is 70.3 Å². The largest absolute Gasteiger partial charge is 1.00 e. The Morgan fingerprint density at radius 3 is 2.28 bits per heavy atom. The molecule has 2 aliphatic carbocycles. The number of likely N-dealkylation sites (N-methyl/N-ethyl adjacent to an activating group) is 1. The molecule has 2 unspecified atom stereocenters. The predicted molar refractivity (Wildman–Crippen MR) is 101 cm³/mol. The Hall–Kier alpha value is -0.640. The molecular formula is C22H34BrNO. The van der Waals surface area contributed by atoms with Crippen molar-refractivity contribution in [1.29, 1.82) is 0 Å². The van der Waals surface area contributed by atoms with Gasteiger partial charge < -0.3 is 26.2 Å². The van der Waals surface area contributed by atoms with E-state index in [0.717, 1.165) is 23.6 Å². The first kappa shape index (κ1) is 20.7. The first-order valence-corrected chi connectivity index (χ1v) is 9.72. The van der Waals surface area contributed by atoms with Gasteiger partial charge in [-0.1, -0.05) is 42.5 Å². The number of allylic oxidation sites excluding steroid dienone is 2. The maximum Gasteiger partial charge on any atom is 0.102 e. The van der Waals surface area contributed by atoms with Gasteiger partial charge in [-0.05, 0) is 56.9 Å². The lowest BCUT2D eigenvalue weighted by Crippen LogP contribution is -3.00.